The van der Waals surface area contributed by atoms with Gasteiger partial charge in [-0.3, -0.25) is 9.59 Å². The lowest BCUT2D eigenvalue weighted by atomic mass is 9.86. The van der Waals surface area contributed by atoms with Crippen molar-refractivity contribution in [1.82, 2.24) is 0 Å². The fourth-order valence-corrected chi connectivity index (χ4v) is 3.24. The van der Waals surface area contributed by atoms with Crippen molar-refractivity contribution in [1.29, 1.82) is 0 Å². The van der Waals surface area contributed by atoms with Gasteiger partial charge in [-0.05, 0) is 37.5 Å². The van der Waals surface area contributed by atoms with E-state index in [9.17, 15) is 14.7 Å². The number of hydrogen-bond donors (Lipinski definition) is 2. The second-order valence-electron chi connectivity index (χ2n) is 6.47. The molecule has 0 saturated heterocycles. The van der Waals surface area contributed by atoms with E-state index in [0.29, 0.717) is 16.8 Å². The highest BCUT2D eigenvalue weighted by atomic mass is 16.3. The Morgan fingerprint density at radius 1 is 1.17 bits per heavy atom. The number of Topliss-reactive ketones (excluding diaryl/α,β-unsaturated/α-hetero) is 1. The molecule has 3 rings (SSSR count). The number of carbonyl (C=O) groups excluding carboxylic acids is 2. The van der Waals surface area contributed by atoms with E-state index in [-0.39, 0.29) is 12.2 Å². The van der Waals surface area contributed by atoms with E-state index in [1.54, 1.807) is 12.1 Å². The van der Waals surface area contributed by atoms with Crippen LogP contribution in [0.5, 0.6) is 0 Å². The lowest BCUT2D eigenvalue weighted by molar-refractivity contribution is -0.133. The second-order valence-corrected chi connectivity index (χ2v) is 6.47. The van der Waals surface area contributed by atoms with E-state index in [0.717, 1.165) is 23.1 Å². The van der Waals surface area contributed by atoms with E-state index in [4.69, 9.17) is 0 Å². The van der Waals surface area contributed by atoms with Gasteiger partial charge in [0.05, 0.1) is 6.42 Å². The van der Waals surface area contributed by atoms with Gasteiger partial charge < -0.3 is 10.4 Å². The number of aliphatic hydroxyl groups is 1. The lowest BCUT2D eigenvalue weighted by Gasteiger charge is -2.21. The first-order valence-corrected chi connectivity index (χ1v) is 8.13. The third kappa shape index (κ3) is 2.63. The molecule has 1 amide bonds. The number of carbonyl (C=O) groups is 2. The van der Waals surface area contributed by atoms with Crippen LogP contribution in [0.15, 0.2) is 36.4 Å². The molecule has 0 spiro atoms. The number of amides is 1. The minimum absolute atomic E-state index is 0.236. The lowest BCUT2D eigenvalue weighted by Crippen LogP contribution is -2.36. The molecule has 24 heavy (non-hydrogen) atoms. The topological polar surface area (TPSA) is 66.4 Å². The Hall–Kier alpha value is -2.46. The van der Waals surface area contributed by atoms with Gasteiger partial charge in [0.25, 0.3) is 5.91 Å². The van der Waals surface area contributed by atoms with E-state index >= 15 is 0 Å². The van der Waals surface area contributed by atoms with E-state index in [1.165, 1.54) is 0 Å². The van der Waals surface area contributed by atoms with Gasteiger partial charge in [-0.15, -0.1) is 0 Å². The highest BCUT2D eigenvalue weighted by Gasteiger charge is 2.46. The largest absolute Gasteiger partial charge is 0.375 e. The van der Waals surface area contributed by atoms with Crippen molar-refractivity contribution in [2.24, 2.45) is 0 Å². The minimum Gasteiger partial charge on any atom is -0.375 e. The Bertz CT molecular complexity index is 841. The van der Waals surface area contributed by atoms with Crippen LogP contribution in [0.4, 0.5) is 5.69 Å². The Labute approximate surface area is 141 Å². The van der Waals surface area contributed by atoms with Gasteiger partial charge in [0.1, 0.15) is 0 Å². The summed E-state index contributed by atoms with van der Waals surface area (Å²) in [4.78, 5) is 25.1. The summed E-state index contributed by atoms with van der Waals surface area (Å²) >= 11 is 0. The smallest absolute Gasteiger partial charge is 0.261 e. The van der Waals surface area contributed by atoms with Crippen LogP contribution in [0.1, 0.15) is 46.0 Å². The zero-order valence-electron chi connectivity index (χ0n) is 14.1. The van der Waals surface area contributed by atoms with Gasteiger partial charge in [-0.1, -0.05) is 42.8 Å². The van der Waals surface area contributed by atoms with Crippen molar-refractivity contribution in [2.45, 2.75) is 39.2 Å². The first-order valence-electron chi connectivity index (χ1n) is 8.13. The molecule has 0 aliphatic carbocycles. The van der Waals surface area contributed by atoms with Gasteiger partial charge in [-0.25, -0.2) is 0 Å². The summed E-state index contributed by atoms with van der Waals surface area (Å²) < 4.78 is 0. The average molecular weight is 323 g/mol. The fraction of sp³-hybridized carbons (Fsp3) is 0.300. The third-order valence-corrected chi connectivity index (χ3v) is 4.66. The fourth-order valence-electron chi connectivity index (χ4n) is 3.24. The standard InChI is InChI=1S/C20H21NO3/c1-4-14-6-8-17-16(10-14)20(24,19(23)21-17)11-18(22)15-7-5-12(2)9-13(15)3/h5-10,24H,4,11H2,1-3H3,(H,21,23)/t20-/m1/s1. The van der Waals surface area contributed by atoms with Crippen LogP contribution in [-0.2, 0) is 16.8 Å². The van der Waals surface area contributed by atoms with Crippen molar-refractivity contribution >= 4 is 17.4 Å². The van der Waals surface area contributed by atoms with Gasteiger partial charge in [0.15, 0.2) is 11.4 Å². The van der Waals surface area contributed by atoms with E-state index < -0.39 is 11.5 Å². The molecule has 1 heterocycles. The predicted molar refractivity (Wildman–Crippen MR) is 93.2 cm³/mol. The molecule has 1 aliphatic heterocycles. The number of fused-ring (bicyclic) bond motifs is 1. The van der Waals surface area contributed by atoms with E-state index in [2.05, 4.69) is 5.32 Å². The van der Waals surface area contributed by atoms with Gasteiger partial charge in [-0.2, -0.15) is 0 Å². The third-order valence-electron chi connectivity index (χ3n) is 4.66. The molecule has 2 aromatic rings. The Kier molecular flexibility index (Phi) is 4.01. The van der Waals surface area contributed by atoms with Crippen molar-refractivity contribution in [3.63, 3.8) is 0 Å². The van der Waals surface area contributed by atoms with Crippen LogP contribution in [0.3, 0.4) is 0 Å². The minimum atomic E-state index is -1.81. The quantitative estimate of drug-likeness (QED) is 0.849. The Morgan fingerprint density at radius 2 is 1.92 bits per heavy atom. The van der Waals surface area contributed by atoms with Crippen LogP contribution in [-0.4, -0.2) is 16.8 Å². The molecule has 0 bridgehead atoms. The average Bonchev–Trinajstić information content (AvgIpc) is 2.77. The predicted octanol–water partition coefficient (Wildman–Crippen LogP) is 3.28. The molecule has 1 atom stereocenters. The Morgan fingerprint density at radius 3 is 2.58 bits per heavy atom. The molecular weight excluding hydrogens is 302 g/mol. The number of nitrogens with one attached hydrogen (secondary N) is 1. The zero-order valence-corrected chi connectivity index (χ0v) is 14.1. The molecule has 0 unspecified atom stereocenters. The first-order chi connectivity index (χ1) is 11.3. The zero-order chi connectivity index (χ0) is 17.5. The van der Waals surface area contributed by atoms with Crippen LogP contribution in [0.2, 0.25) is 0 Å². The number of anilines is 1. The molecule has 4 heteroatoms. The first kappa shape index (κ1) is 16.4. The molecule has 1 aliphatic rings. The van der Waals surface area contributed by atoms with Gasteiger partial charge in [0, 0.05) is 16.8 Å². The summed E-state index contributed by atoms with van der Waals surface area (Å²) in [7, 11) is 0. The van der Waals surface area contributed by atoms with Crippen molar-refractivity contribution < 1.29 is 14.7 Å². The normalized spacial score (nSPS) is 19.1. The molecule has 4 nitrogen and oxygen atoms in total. The summed E-state index contributed by atoms with van der Waals surface area (Å²) in [6, 6.07) is 11.1. The summed E-state index contributed by atoms with van der Waals surface area (Å²) in [5.41, 5.74) is 2.74. The number of rotatable bonds is 4. The summed E-state index contributed by atoms with van der Waals surface area (Å²) in [6.45, 7) is 5.83. The number of hydrogen-bond acceptors (Lipinski definition) is 3. The number of ketones is 1. The maximum atomic E-state index is 12.7. The SMILES string of the molecule is CCc1ccc2c(c1)[C@](O)(CC(=O)c1ccc(C)cc1C)C(=O)N2. The molecule has 0 radical (unpaired) electrons. The molecule has 0 fully saturated rings. The molecule has 0 aromatic heterocycles. The van der Waals surface area contributed by atoms with Crippen LogP contribution in [0.25, 0.3) is 0 Å². The van der Waals surface area contributed by atoms with Crippen molar-refractivity contribution in [3.8, 4) is 0 Å². The summed E-state index contributed by atoms with van der Waals surface area (Å²) in [5.74, 6) is -0.774. The van der Waals surface area contributed by atoms with Crippen LogP contribution < -0.4 is 5.32 Å². The number of benzene rings is 2. The molecule has 2 N–H and O–H groups in total. The molecule has 124 valence electrons. The van der Waals surface area contributed by atoms with Crippen LogP contribution >= 0.6 is 0 Å². The summed E-state index contributed by atoms with van der Waals surface area (Å²) in [6.07, 6.45) is 0.533. The summed E-state index contributed by atoms with van der Waals surface area (Å²) in [5, 5.41) is 13.7. The molecular formula is C20H21NO3. The van der Waals surface area contributed by atoms with Gasteiger partial charge >= 0.3 is 0 Å². The molecule has 0 saturated carbocycles. The van der Waals surface area contributed by atoms with Crippen LogP contribution in [0, 0.1) is 13.8 Å². The highest BCUT2D eigenvalue weighted by Crippen LogP contribution is 2.39. The number of aryl methyl sites for hydroxylation is 3. The maximum Gasteiger partial charge on any atom is 0.261 e. The monoisotopic (exact) mass is 323 g/mol. The maximum absolute atomic E-state index is 12.7. The molecule has 2 aromatic carbocycles. The van der Waals surface area contributed by atoms with Crippen molar-refractivity contribution in [3.05, 3.63) is 64.2 Å². The van der Waals surface area contributed by atoms with Crippen molar-refractivity contribution in [2.75, 3.05) is 5.32 Å². The van der Waals surface area contributed by atoms with E-state index in [1.807, 2.05) is 45.0 Å². The Balaban J connectivity index is 1.97. The van der Waals surface area contributed by atoms with Gasteiger partial charge in [0.2, 0.25) is 0 Å². The highest BCUT2D eigenvalue weighted by molar-refractivity contribution is 6.09. The second kappa shape index (κ2) is 5.87.